The molecule has 4 rings (SSSR count). The van der Waals surface area contributed by atoms with Crippen LogP contribution in [-0.4, -0.2) is 59.6 Å². The molecular weight excluding hydrogens is 488 g/mol. The molecule has 1 atom stereocenters. The molecule has 1 aliphatic rings. The fourth-order valence-electron chi connectivity index (χ4n) is 3.70. The highest BCUT2D eigenvalue weighted by Gasteiger charge is 2.21. The molecule has 0 radical (unpaired) electrons. The summed E-state index contributed by atoms with van der Waals surface area (Å²) >= 11 is 1.60. The van der Waals surface area contributed by atoms with Crippen LogP contribution in [0.3, 0.4) is 0 Å². The van der Waals surface area contributed by atoms with Crippen LogP contribution in [0.15, 0.2) is 53.8 Å². The number of aliphatic hydroxyl groups is 1. The Morgan fingerprint density at radius 3 is 2.84 bits per heavy atom. The Morgan fingerprint density at radius 2 is 2.11 bits per heavy atom. The molecule has 0 saturated carbocycles. The van der Waals surface area contributed by atoms with Gasteiger partial charge in [0.2, 0.25) is 0 Å². The molecule has 1 aromatic carbocycles. The molecule has 190 valence electrons. The lowest BCUT2D eigenvalue weighted by Crippen LogP contribution is -2.36. The zero-order chi connectivity index (χ0) is 26.4. The lowest BCUT2D eigenvalue weighted by Gasteiger charge is -2.28. The number of hydrogen-bond acceptors (Lipinski definition) is 9. The van der Waals surface area contributed by atoms with E-state index in [-0.39, 0.29) is 5.70 Å². The first-order chi connectivity index (χ1) is 17.9. The van der Waals surface area contributed by atoms with Crippen molar-refractivity contribution < 1.29 is 14.6 Å². The standard InChI is InChI=1S/C27H28N6O3S/c1-17(7-6-8-18(2)30-27(35)19(3)34)23-15-22-24(37-23)26(33-11-13-36-14-12-33)32-25(31-22)21-10-5-4-9-20(21)16-29-28/h4-5,7,9-10,15-16,19,34H,2,11-14,28H2,1,3H3,(H,30,35)/b17-7+,29-16-. The van der Waals surface area contributed by atoms with Crippen LogP contribution in [0.25, 0.3) is 27.2 Å². The van der Waals surface area contributed by atoms with Crippen LogP contribution < -0.4 is 16.1 Å². The minimum atomic E-state index is -1.13. The number of aromatic nitrogens is 2. The van der Waals surface area contributed by atoms with E-state index in [9.17, 15) is 9.90 Å². The monoisotopic (exact) mass is 516 g/mol. The number of ether oxygens (including phenoxy) is 1. The minimum Gasteiger partial charge on any atom is -0.384 e. The predicted octanol–water partition coefficient (Wildman–Crippen LogP) is 2.90. The molecule has 0 spiro atoms. The fraction of sp³-hybridized carbons (Fsp3) is 0.259. The molecule has 1 amide bonds. The number of nitrogens with zero attached hydrogens (tertiary/aromatic N) is 4. The molecule has 1 unspecified atom stereocenters. The first-order valence-corrected chi connectivity index (χ1v) is 12.5. The molecule has 1 aliphatic heterocycles. The maximum absolute atomic E-state index is 11.6. The van der Waals surface area contributed by atoms with E-state index in [1.165, 1.54) is 6.92 Å². The van der Waals surface area contributed by atoms with E-state index in [4.69, 9.17) is 20.5 Å². The Morgan fingerprint density at radius 1 is 1.35 bits per heavy atom. The molecule has 10 heteroatoms. The van der Waals surface area contributed by atoms with E-state index in [0.29, 0.717) is 19.0 Å². The number of benzene rings is 1. The number of hydrazone groups is 1. The Labute approximate surface area is 219 Å². The largest absolute Gasteiger partial charge is 0.384 e. The van der Waals surface area contributed by atoms with E-state index in [2.05, 4.69) is 33.7 Å². The highest BCUT2D eigenvalue weighted by molar-refractivity contribution is 7.20. The number of rotatable bonds is 6. The molecule has 2 aromatic heterocycles. The average Bonchev–Trinajstić information content (AvgIpc) is 3.33. The Kier molecular flexibility index (Phi) is 8.30. The van der Waals surface area contributed by atoms with Crippen molar-refractivity contribution in [2.75, 3.05) is 31.2 Å². The average molecular weight is 517 g/mol. The van der Waals surface area contributed by atoms with Crippen LogP contribution in [0.1, 0.15) is 24.3 Å². The van der Waals surface area contributed by atoms with Crippen molar-refractivity contribution in [2.45, 2.75) is 20.0 Å². The van der Waals surface area contributed by atoms with Gasteiger partial charge in [0.25, 0.3) is 5.91 Å². The van der Waals surface area contributed by atoms with Crippen LogP contribution >= 0.6 is 11.3 Å². The predicted molar refractivity (Wildman–Crippen MR) is 148 cm³/mol. The van der Waals surface area contributed by atoms with Crippen LogP contribution in [0.5, 0.6) is 0 Å². The summed E-state index contributed by atoms with van der Waals surface area (Å²) in [6.45, 7) is 9.81. The molecule has 3 aromatic rings. The van der Waals surface area contributed by atoms with Crippen molar-refractivity contribution in [3.8, 4) is 23.2 Å². The van der Waals surface area contributed by atoms with Crippen LogP contribution in [0, 0.1) is 11.8 Å². The molecule has 4 N–H and O–H groups in total. The van der Waals surface area contributed by atoms with Gasteiger partial charge in [-0.1, -0.05) is 36.8 Å². The summed E-state index contributed by atoms with van der Waals surface area (Å²) in [4.78, 5) is 24.7. The zero-order valence-corrected chi connectivity index (χ0v) is 21.5. The van der Waals surface area contributed by atoms with E-state index >= 15 is 0 Å². The smallest absolute Gasteiger partial charge is 0.253 e. The number of carbonyl (C=O) groups excluding carboxylic acids is 1. The number of morpholine rings is 1. The molecule has 3 heterocycles. The molecular formula is C27H28N6O3S. The first-order valence-electron chi connectivity index (χ1n) is 11.7. The Balaban J connectivity index is 1.73. The lowest BCUT2D eigenvalue weighted by molar-refractivity contribution is -0.127. The van der Waals surface area contributed by atoms with Crippen LogP contribution in [0.2, 0.25) is 0 Å². The topological polar surface area (TPSA) is 126 Å². The van der Waals surface area contributed by atoms with Gasteiger partial charge in [0.05, 0.1) is 35.3 Å². The van der Waals surface area contributed by atoms with Gasteiger partial charge in [-0.2, -0.15) is 5.10 Å². The van der Waals surface area contributed by atoms with Gasteiger partial charge in [0, 0.05) is 29.1 Å². The number of carbonyl (C=O) groups is 1. The summed E-state index contributed by atoms with van der Waals surface area (Å²) in [5, 5.41) is 15.5. The molecule has 37 heavy (non-hydrogen) atoms. The minimum absolute atomic E-state index is 0.219. The summed E-state index contributed by atoms with van der Waals surface area (Å²) in [6.07, 6.45) is 2.23. The summed E-state index contributed by atoms with van der Waals surface area (Å²) in [6, 6.07) is 9.78. The maximum Gasteiger partial charge on any atom is 0.253 e. The molecule has 9 nitrogen and oxygen atoms in total. The van der Waals surface area contributed by atoms with Crippen molar-refractivity contribution in [3.05, 3.63) is 59.1 Å². The van der Waals surface area contributed by atoms with Crippen molar-refractivity contribution in [3.63, 3.8) is 0 Å². The first kappa shape index (κ1) is 26.0. The van der Waals surface area contributed by atoms with Crippen molar-refractivity contribution in [1.82, 2.24) is 15.3 Å². The van der Waals surface area contributed by atoms with Crippen LogP contribution in [0.4, 0.5) is 5.82 Å². The summed E-state index contributed by atoms with van der Waals surface area (Å²) < 4.78 is 6.54. The number of amides is 1. The Bertz CT molecular complexity index is 1440. The molecule has 1 saturated heterocycles. The Hall–Kier alpha value is -4.04. The van der Waals surface area contributed by atoms with E-state index < -0.39 is 12.0 Å². The van der Waals surface area contributed by atoms with Gasteiger partial charge < -0.3 is 25.9 Å². The van der Waals surface area contributed by atoms with Gasteiger partial charge in [0.15, 0.2) is 11.6 Å². The number of hydrogen-bond donors (Lipinski definition) is 3. The third-order valence-corrected chi connectivity index (χ3v) is 6.89. The molecule has 0 aliphatic carbocycles. The summed E-state index contributed by atoms with van der Waals surface area (Å²) in [7, 11) is 0. The van der Waals surface area contributed by atoms with E-state index in [1.54, 1.807) is 23.6 Å². The third kappa shape index (κ3) is 6.21. The third-order valence-electron chi connectivity index (χ3n) is 5.63. The highest BCUT2D eigenvalue weighted by Crippen LogP contribution is 2.37. The maximum atomic E-state index is 11.6. The normalized spacial score (nSPS) is 14.9. The van der Waals surface area contributed by atoms with E-state index in [1.807, 2.05) is 37.3 Å². The second kappa shape index (κ2) is 11.8. The SMILES string of the molecule is C=C(C#C/C=C(\C)c1cc2nc(-c3ccccc3/C=N\N)nc(N3CCOCC3)c2s1)NC(=O)C(C)O. The number of fused-ring (bicyclic) bond motifs is 1. The number of nitrogens with one attached hydrogen (secondary N) is 1. The molecule has 0 bridgehead atoms. The van der Waals surface area contributed by atoms with Crippen molar-refractivity contribution in [1.29, 1.82) is 0 Å². The zero-order valence-electron chi connectivity index (χ0n) is 20.7. The highest BCUT2D eigenvalue weighted by atomic mass is 32.1. The van der Waals surface area contributed by atoms with Gasteiger partial charge in [-0.15, -0.1) is 11.3 Å². The van der Waals surface area contributed by atoms with Crippen molar-refractivity contribution in [2.24, 2.45) is 10.9 Å². The second-order valence-electron chi connectivity index (χ2n) is 8.40. The van der Waals surface area contributed by atoms with Gasteiger partial charge in [-0.05, 0) is 37.5 Å². The quantitative estimate of drug-likeness (QED) is 0.199. The summed E-state index contributed by atoms with van der Waals surface area (Å²) in [5.41, 5.74) is 3.67. The number of nitrogens with two attached hydrogens (primary N) is 1. The van der Waals surface area contributed by atoms with Crippen molar-refractivity contribution >= 4 is 45.1 Å². The number of thiophene rings is 1. The van der Waals surface area contributed by atoms with Gasteiger partial charge in [-0.3, -0.25) is 4.79 Å². The van der Waals surface area contributed by atoms with Gasteiger partial charge >= 0.3 is 0 Å². The number of anilines is 1. The van der Waals surface area contributed by atoms with Gasteiger partial charge in [0.1, 0.15) is 6.10 Å². The fourth-order valence-corrected chi connectivity index (χ4v) is 4.79. The van der Waals surface area contributed by atoms with Gasteiger partial charge in [-0.25, -0.2) is 9.97 Å². The number of allylic oxidation sites excluding steroid dienone is 3. The second-order valence-corrected chi connectivity index (χ2v) is 9.45. The molecule has 1 fully saturated rings. The lowest BCUT2D eigenvalue weighted by atomic mass is 10.1. The van der Waals surface area contributed by atoms with E-state index in [0.717, 1.165) is 50.7 Å². The summed E-state index contributed by atoms with van der Waals surface area (Å²) in [5.74, 6) is 12.0. The van der Waals surface area contributed by atoms with Crippen LogP contribution in [-0.2, 0) is 9.53 Å². The number of aliphatic hydroxyl groups excluding tert-OH is 1.